The first-order valence-corrected chi connectivity index (χ1v) is 9.81. The van der Waals surface area contributed by atoms with E-state index in [4.69, 9.17) is 9.47 Å². The third kappa shape index (κ3) is 3.82. The van der Waals surface area contributed by atoms with E-state index in [1.54, 1.807) is 18.2 Å². The Labute approximate surface area is 161 Å². The second kappa shape index (κ2) is 7.33. The van der Waals surface area contributed by atoms with Gasteiger partial charge in [0, 0.05) is 23.5 Å². The topological polar surface area (TPSA) is 114 Å². The van der Waals surface area contributed by atoms with Crippen molar-refractivity contribution in [2.24, 2.45) is 0 Å². The lowest BCUT2D eigenvalue weighted by atomic mass is 10.3. The molecule has 4 rings (SSSR count). The Morgan fingerprint density at radius 1 is 0.893 bits per heavy atom. The lowest BCUT2D eigenvalue weighted by Gasteiger charge is -2.10. The summed E-state index contributed by atoms with van der Waals surface area (Å²) in [5.41, 5.74) is 1.38. The van der Waals surface area contributed by atoms with Gasteiger partial charge in [-0.1, -0.05) is 6.07 Å². The van der Waals surface area contributed by atoms with Crippen LogP contribution in [0.15, 0.2) is 59.8 Å². The van der Waals surface area contributed by atoms with Gasteiger partial charge in [-0.15, -0.1) is 0 Å². The molecular weight excluding hydrogens is 382 g/mol. The van der Waals surface area contributed by atoms with Crippen LogP contribution < -0.4 is 24.8 Å². The van der Waals surface area contributed by atoms with Gasteiger partial charge in [-0.05, 0) is 37.4 Å². The van der Waals surface area contributed by atoms with Crippen LogP contribution in [0.4, 0.5) is 23.0 Å². The second-order valence-corrected chi connectivity index (χ2v) is 7.73. The molecule has 3 aromatic rings. The third-order valence-corrected chi connectivity index (χ3v) is 5.41. The number of hydrogen-bond acceptors (Lipinski definition) is 8. The zero-order valence-corrected chi connectivity index (χ0v) is 15.7. The van der Waals surface area contributed by atoms with Gasteiger partial charge in [0.15, 0.2) is 11.5 Å². The molecule has 0 spiro atoms. The van der Waals surface area contributed by atoms with Crippen LogP contribution in [0.3, 0.4) is 0 Å². The van der Waals surface area contributed by atoms with Crippen molar-refractivity contribution in [1.29, 1.82) is 0 Å². The summed E-state index contributed by atoms with van der Waals surface area (Å²) in [4.78, 5) is 8.53. The number of anilines is 4. The standard InChI is InChI=1S/C18H17N5O4S/c1-19-28(24,25)14-4-2-3-12(7-14)22-17-9-18(21-10-20-17)23-13-5-6-15-16(8-13)27-11-26-15/h2-10,19H,11H2,1H3,(H2,20,21,22,23). The quantitative estimate of drug-likeness (QED) is 0.579. The Kier molecular flexibility index (Phi) is 4.72. The van der Waals surface area contributed by atoms with E-state index in [0.29, 0.717) is 28.8 Å². The predicted molar refractivity (Wildman–Crippen MR) is 104 cm³/mol. The van der Waals surface area contributed by atoms with Crippen molar-refractivity contribution in [2.45, 2.75) is 4.90 Å². The van der Waals surface area contributed by atoms with Crippen molar-refractivity contribution >= 4 is 33.0 Å². The SMILES string of the molecule is CNS(=O)(=O)c1cccc(Nc2cc(Nc3ccc4c(c3)OCO4)ncn2)c1. The van der Waals surface area contributed by atoms with Crippen LogP contribution in [-0.4, -0.2) is 32.2 Å². The van der Waals surface area contributed by atoms with Crippen LogP contribution >= 0.6 is 0 Å². The predicted octanol–water partition coefficient (Wildman–Crippen LogP) is 2.60. The highest BCUT2D eigenvalue weighted by Gasteiger charge is 2.14. The Bertz CT molecular complexity index is 1120. The van der Waals surface area contributed by atoms with Gasteiger partial charge < -0.3 is 20.1 Å². The smallest absolute Gasteiger partial charge is 0.240 e. The van der Waals surface area contributed by atoms with Crippen LogP contribution in [0.5, 0.6) is 11.5 Å². The summed E-state index contributed by atoms with van der Waals surface area (Å²) in [5, 5.41) is 6.25. The molecule has 1 aromatic heterocycles. The zero-order valence-electron chi connectivity index (χ0n) is 14.8. The molecule has 9 nitrogen and oxygen atoms in total. The molecule has 2 aromatic carbocycles. The van der Waals surface area contributed by atoms with E-state index in [9.17, 15) is 8.42 Å². The number of nitrogens with zero attached hydrogens (tertiary/aromatic N) is 2. The van der Waals surface area contributed by atoms with Crippen LogP contribution in [-0.2, 0) is 10.0 Å². The molecule has 0 saturated carbocycles. The van der Waals surface area contributed by atoms with Gasteiger partial charge in [0.25, 0.3) is 0 Å². The van der Waals surface area contributed by atoms with Gasteiger partial charge >= 0.3 is 0 Å². The number of nitrogens with one attached hydrogen (secondary N) is 3. The number of rotatable bonds is 6. The van der Waals surface area contributed by atoms with E-state index in [1.807, 2.05) is 18.2 Å². The van der Waals surface area contributed by atoms with E-state index >= 15 is 0 Å². The summed E-state index contributed by atoms with van der Waals surface area (Å²) in [5.74, 6) is 2.44. The summed E-state index contributed by atoms with van der Waals surface area (Å²) < 4.78 is 36.9. The van der Waals surface area contributed by atoms with Gasteiger partial charge in [0.05, 0.1) is 4.90 Å². The number of ether oxygens (including phenoxy) is 2. The Balaban J connectivity index is 1.52. The molecule has 3 N–H and O–H groups in total. The minimum atomic E-state index is -3.52. The fourth-order valence-electron chi connectivity index (χ4n) is 2.62. The monoisotopic (exact) mass is 399 g/mol. The number of sulfonamides is 1. The van der Waals surface area contributed by atoms with Gasteiger partial charge in [-0.2, -0.15) is 0 Å². The maximum absolute atomic E-state index is 11.9. The first-order valence-electron chi connectivity index (χ1n) is 8.33. The van der Waals surface area contributed by atoms with Crippen molar-refractivity contribution < 1.29 is 17.9 Å². The highest BCUT2D eigenvalue weighted by molar-refractivity contribution is 7.89. The molecule has 1 aliphatic heterocycles. The molecule has 0 radical (unpaired) electrons. The lowest BCUT2D eigenvalue weighted by Crippen LogP contribution is -2.18. The normalized spacial score (nSPS) is 12.6. The largest absolute Gasteiger partial charge is 0.454 e. The van der Waals surface area contributed by atoms with Crippen LogP contribution in [0, 0.1) is 0 Å². The molecule has 0 fully saturated rings. The lowest BCUT2D eigenvalue weighted by molar-refractivity contribution is 0.174. The van der Waals surface area contributed by atoms with E-state index in [0.717, 1.165) is 5.69 Å². The van der Waals surface area contributed by atoms with Gasteiger partial charge in [0.2, 0.25) is 16.8 Å². The minimum Gasteiger partial charge on any atom is -0.454 e. The second-order valence-electron chi connectivity index (χ2n) is 5.84. The van der Waals surface area contributed by atoms with Crippen molar-refractivity contribution in [3.8, 4) is 11.5 Å². The van der Waals surface area contributed by atoms with Crippen LogP contribution in [0.25, 0.3) is 0 Å². The fraction of sp³-hybridized carbons (Fsp3) is 0.111. The van der Waals surface area contributed by atoms with E-state index in [2.05, 4.69) is 25.3 Å². The highest BCUT2D eigenvalue weighted by Crippen LogP contribution is 2.35. The molecule has 0 saturated heterocycles. The summed E-state index contributed by atoms with van der Waals surface area (Å²) in [7, 11) is -2.16. The minimum absolute atomic E-state index is 0.160. The van der Waals surface area contributed by atoms with Crippen molar-refractivity contribution in [3.05, 3.63) is 54.9 Å². The van der Waals surface area contributed by atoms with E-state index in [-0.39, 0.29) is 11.7 Å². The van der Waals surface area contributed by atoms with Crippen molar-refractivity contribution in [2.75, 3.05) is 24.5 Å². The van der Waals surface area contributed by atoms with Crippen molar-refractivity contribution in [3.63, 3.8) is 0 Å². The van der Waals surface area contributed by atoms with Crippen LogP contribution in [0.2, 0.25) is 0 Å². The number of fused-ring (bicyclic) bond motifs is 1. The summed E-state index contributed by atoms with van der Waals surface area (Å²) in [6.45, 7) is 0.211. The molecule has 0 aliphatic carbocycles. The number of benzene rings is 2. The molecule has 0 atom stereocenters. The van der Waals surface area contributed by atoms with E-state index < -0.39 is 10.0 Å². The summed E-state index contributed by atoms with van der Waals surface area (Å²) in [6.07, 6.45) is 1.41. The average Bonchev–Trinajstić information content (AvgIpc) is 3.16. The van der Waals surface area contributed by atoms with Gasteiger partial charge in [-0.25, -0.2) is 23.1 Å². The Morgan fingerprint density at radius 2 is 1.61 bits per heavy atom. The maximum atomic E-state index is 11.9. The molecule has 28 heavy (non-hydrogen) atoms. The molecule has 0 amide bonds. The van der Waals surface area contributed by atoms with Crippen molar-refractivity contribution in [1.82, 2.24) is 14.7 Å². The molecular formula is C18H17N5O4S. The zero-order chi connectivity index (χ0) is 19.6. The van der Waals surface area contributed by atoms with E-state index in [1.165, 1.54) is 25.5 Å². The molecule has 144 valence electrons. The number of aromatic nitrogens is 2. The fourth-order valence-corrected chi connectivity index (χ4v) is 3.40. The summed E-state index contributed by atoms with van der Waals surface area (Å²) in [6, 6.07) is 13.7. The molecule has 0 bridgehead atoms. The molecule has 1 aliphatic rings. The highest BCUT2D eigenvalue weighted by atomic mass is 32.2. The molecule has 2 heterocycles. The Morgan fingerprint density at radius 3 is 2.36 bits per heavy atom. The van der Waals surface area contributed by atoms with Crippen LogP contribution in [0.1, 0.15) is 0 Å². The summed E-state index contributed by atoms with van der Waals surface area (Å²) >= 11 is 0. The Hall–Kier alpha value is -3.37. The van der Waals surface area contributed by atoms with Gasteiger partial charge in [0.1, 0.15) is 18.0 Å². The average molecular weight is 399 g/mol. The molecule has 10 heteroatoms. The third-order valence-electron chi connectivity index (χ3n) is 4.00. The maximum Gasteiger partial charge on any atom is 0.240 e. The van der Waals surface area contributed by atoms with Gasteiger partial charge in [-0.3, -0.25) is 0 Å². The first kappa shape index (κ1) is 18.0. The number of hydrogen-bond donors (Lipinski definition) is 3. The molecule has 0 unspecified atom stereocenters. The first-order chi connectivity index (χ1) is 13.5.